The van der Waals surface area contributed by atoms with Gasteiger partial charge in [-0.25, -0.2) is 4.90 Å². The minimum Gasteiger partial charge on any atom is -0.322 e. The Bertz CT molecular complexity index is 873. The molecule has 2 amide bonds. The molecule has 0 spiro atoms. The number of imide groups is 1. The fraction of sp³-hybridized carbons (Fsp3) is 0.391. The van der Waals surface area contributed by atoms with Gasteiger partial charge in [0.1, 0.15) is 32.7 Å². The molecule has 2 aliphatic heterocycles. The van der Waals surface area contributed by atoms with Gasteiger partial charge < -0.3 is 9.80 Å². The number of aryl methyl sites for hydroxylation is 2. The van der Waals surface area contributed by atoms with Crippen molar-refractivity contribution in [3.63, 3.8) is 0 Å². The maximum Gasteiger partial charge on any atom is 0.292 e. The molecule has 0 saturated carbocycles. The van der Waals surface area contributed by atoms with Crippen LogP contribution in [0.5, 0.6) is 0 Å². The molecule has 2 N–H and O–H groups in total. The van der Waals surface area contributed by atoms with Gasteiger partial charge in [-0.3, -0.25) is 9.59 Å². The molecule has 5 heteroatoms. The number of piperazine rings is 1. The third kappa shape index (κ3) is 3.73. The van der Waals surface area contributed by atoms with Crippen LogP contribution in [0.3, 0.4) is 0 Å². The van der Waals surface area contributed by atoms with E-state index in [2.05, 4.69) is 24.3 Å². The van der Waals surface area contributed by atoms with Crippen LogP contribution in [-0.2, 0) is 16.1 Å². The predicted molar refractivity (Wildman–Crippen MR) is 108 cm³/mol. The summed E-state index contributed by atoms with van der Waals surface area (Å²) in [6.45, 7) is 8.96. The largest absolute Gasteiger partial charge is 0.322 e. The van der Waals surface area contributed by atoms with Gasteiger partial charge in [0.05, 0.1) is 12.1 Å². The predicted octanol–water partition coefficient (Wildman–Crippen LogP) is -0.0811. The first-order valence-corrected chi connectivity index (χ1v) is 10.2. The van der Waals surface area contributed by atoms with E-state index in [1.54, 1.807) is 4.90 Å². The lowest BCUT2D eigenvalue weighted by Crippen LogP contribution is -3.29. The van der Waals surface area contributed by atoms with Gasteiger partial charge in [0.2, 0.25) is 5.91 Å². The van der Waals surface area contributed by atoms with Crippen LogP contribution >= 0.6 is 0 Å². The maximum atomic E-state index is 13.1. The average Bonchev–Trinajstić information content (AvgIpc) is 2.98. The van der Waals surface area contributed by atoms with Crippen molar-refractivity contribution in [2.24, 2.45) is 0 Å². The van der Waals surface area contributed by atoms with Gasteiger partial charge in [0.25, 0.3) is 5.91 Å². The summed E-state index contributed by atoms with van der Waals surface area (Å²) >= 11 is 0. The Balaban J connectivity index is 1.41. The summed E-state index contributed by atoms with van der Waals surface area (Å²) in [7, 11) is 0. The lowest BCUT2D eigenvalue weighted by atomic mass is 10.1. The summed E-state index contributed by atoms with van der Waals surface area (Å²) in [6, 6.07) is 16.2. The van der Waals surface area contributed by atoms with Crippen LogP contribution in [0.25, 0.3) is 0 Å². The molecule has 0 unspecified atom stereocenters. The summed E-state index contributed by atoms with van der Waals surface area (Å²) < 4.78 is 0. The third-order valence-corrected chi connectivity index (χ3v) is 6.13. The first-order valence-electron chi connectivity index (χ1n) is 10.2. The number of carbonyl (C=O) groups is 2. The number of quaternary nitrogens is 2. The normalized spacial score (nSPS) is 25.4. The van der Waals surface area contributed by atoms with Crippen LogP contribution in [0.15, 0.2) is 48.5 Å². The molecular formula is C23H29N3O2+2. The highest BCUT2D eigenvalue weighted by Crippen LogP contribution is 2.26. The number of hydrogen-bond donors (Lipinski definition) is 2. The van der Waals surface area contributed by atoms with Crippen molar-refractivity contribution in [1.29, 1.82) is 0 Å². The van der Waals surface area contributed by atoms with Crippen molar-refractivity contribution < 1.29 is 19.4 Å². The van der Waals surface area contributed by atoms with E-state index < -0.39 is 0 Å². The maximum absolute atomic E-state index is 13.1. The number of nitrogens with zero attached hydrogens (tertiary/aromatic N) is 1. The van der Waals surface area contributed by atoms with E-state index in [4.69, 9.17) is 0 Å². The molecule has 2 aromatic carbocycles. The topological polar surface area (TPSA) is 46.3 Å². The Hall–Kier alpha value is -2.50. The first kappa shape index (κ1) is 18.8. The van der Waals surface area contributed by atoms with Crippen molar-refractivity contribution in [2.75, 3.05) is 31.1 Å². The van der Waals surface area contributed by atoms with Gasteiger partial charge in [-0.1, -0.05) is 48.0 Å². The quantitative estimate of drug-likeness (QED) is 0.730. The van der Waals surface area contributed by atoms with E-state index in [0.29, 0.717) is 6.42 Å². The van der Waals surface area contributed by atoms with E-state index >= 15 is 0 Å². The Morgan fingerprint density at radius 3 is 2.36 bits per heavy atom. The summed E-state index contributed by atoms with van der Waals surface area (Å²) in [5.74, 6) is -0.0908. The molecule has 0 bridgehead atoms. The number of hydrogen-bond acceptors (Lipinski definition) is 2. The molecule has 2 aliphatic rings. The zero-order valence-electron chi connectivity index (χ0n) is 16.7. The van der Waals surface area contributed by atoms with Crippen LogP contribution in [-0.4, -0.2) is 44.0 Å². The van der Waals surface area contributed by atoms with Crippen molar-refractivity contribution >= 4 is 17.5 Å². The molecule has 2 heterocycles. The highest BCUT2D eigenvalue weighted by atomic mass is 16.2. The molecule has 2 fully saturated rings. The van der Waals surface area contributed by atoms with E-state index in [9.17, 15) is 9.59 Å². The van der Waals surface area contributed by atoms with Crippen LogP contribution in [0.2, 0.25) is 0 Å². The van der Waals surface area contributed by atoms with Crippen LogP contribution < -0.4 is 14.7 Å². The molecule has 2 aromatic rings. The molecule has 0 aromatic heterocycles. The molecule has 0 radical (unpaired) electrons. The van der Waals surface area contributed by atoms with E-state index in [1.807, 2.05) is 38.1 Å². The van der Waals surface area contributed by atoms with Crippen molar-refractivity contribution in [2.45, 2.75) is 32.9 Å². The number of anilines is 1. The second-order valence-corrected chi connectivity index (χ2v) is 8.18. The highest BCUT2D eigenvalue weighted by molar-refractivity contribution is 6.22. The van der Waals surface area contributed by atoms with Gasteiger partial charge in [-0.15, -0.1) is 0 Å². The molecule has 5 nitrogen and oxygen atoms in total. The minimum atomic E-state index is -0.230. The van der Waals surface area contributed by atoms with Gasteiger partial charge in [-0.2, -0.15) is 0 Å². The van der Waals surface area contributed by atoms with Gasteiger partial charge in [-0.05, 0) is 25.5 Å². The molecule has 0 aliphatic carbocycles. The summed E-state index contributed by atoms with van der Waals surface area (Å²) in [6.07, 6.45) is 0.329. The van der Waals surface area contributed by atoms with Gasteiger partial charge >= 0.3 is 0 Å². The van der Waals surface area contributed by atoms with Crippen molar-refractivity contribution in [3.05, 3.63) is 65.2 Å². The Morgan fingerprint density at radius 2 is 1.68 bits per heavy atom. The van der Waals surface area contributed by atoms with Gasteiger partial charge in [0.15, 0.2) is 6.04 Å². The highest BCUT2D eigenvalue weighted by Gasteiger charge is 2.47. The number of benzene rings is 2. The van der Waals surface area contributed by atoms with Crippen LogP contribution in [0, 0.1) is 13.8 Å². The monoisotopic (exact) mass is 379 g/mol. The smallest absolute Gasteiger partial charge is 0.292 e. The van der Waals surface area contributed by atoms with Crippen molar-refractivity contribution in [3.8, 4) is 0 Å². The van der Waals surface area contributed by atoms with Crippen LogP contribution in [0.1, 0.15) is 23.1 Å². The Morgan fingerprint density at radius 1 is 0.964 bits per heavy atom. The zero-order valence-corrected chi connectivity index (χ0v) is 16.7. The molecule has 28 heavy (non-hydrogen) atoms. The van der Waals surface area contributed by atoms with E-state index in [0.717, 1.165) is 49.5 Å². The standard InChI is InChI=1S/C23H27N3O2/c1-17-8-9-20(18(2)14-17)26-22(27)15-21(23(26)28)25-12-10-24(11-13-25)16-19-6-4-3-5-7-19/h3-9,14,21H,10-13,15-16H2,1-2H3/p+2/t21-/m1/s1. The fourth-order valence-corrected chi connectivity index (χ4v) is 4.59. The number of amides is 2. The zero-order chi connectivity index (χ0) is 19.7. The number of rotatable bonds is 4. The second-order valence-electron chi connectivity index (χ2n) is 8.18. The first-order chi connectivity index (χ1) is 13.5. The Kier molecular flexibility index (Phi) is 5.29. The van der Waals surface area contributed by atoms with Gasteiger partial charge in [0, 0.05) is 5.56 Å². The lowest BCUT2D eigenvalue weighted by Gasteiger charge is -2.32. The number of carbonyl (C=O) groups excluding carboxylic acids is 2. The van der Waals surface area contributed by atoms with Crippen LogP contribution in [0.4, 0.5) is 5.69 Å². The molecule has 1 atom stereocenters. The Labute approximate surface area is 166 Å². The lowest BCUT2D eigenvalue weighted by molar-refractivity contribution is -1.02. The summed E-state index contributed by atoms with van der Waals surface area (Å²) in [4.78, 5) is 30.0. The third-order valence-electron chi connectivity index (χ3n) is 6.13. The van der Waals surface area contributed by atoms with Crippen molar-refractivity contribution in [1.82, 2.24) is 0 Å². The molecule has 4 rings (SSSR count). The molecular weight excluding hydrogens is 350 g/mol. The SMILES string of the molecule is Cc1ccc(N2C(=O)C[C@@H]([NH+]3CC[NH+](Cc4ccccc4)CC3)C2=O)c(C)c1. The number of nitrogens with one attached hydrogen (secondary N) is 2. The van der Waals surface area contributed by atoms with E-state index in [1.165, 1.54) is 15.4 Å². The molecule has 2 saturated heterocycles. The summed E-state index contributed by atoms with van der Waals surface area (Å²) in [5, 5.41) is 0. The summed E-state index contributed by atoms with van der Waals surface area (Å²) in [5.41, 5.74) is 4.22. The molecule has 146 valence electrons. The van der Waals surface area contributed by atoms with E-state index in [-0.39, 0.29) is 17.9 Å². The fourth-order valence-electron chi connectivity index (χ4n) is 4.59. The second kappa shape index (κ2) is 7.86. The average molecular weight is 380 g/mol. The minimum absolute atomic E-state index is 0.0292.